The van der Waals surface area contributed by atoms with Gasteiger partial charge in [-0.25, -0.2) is 4.98 Å². The monoisotopic (exact) mass is 305 g/mol. The lowest BCUT2D eigenvalue weighted by Gasteiger charge is -2.16. The van der Waals surface area contributed by atoms with Crippen LogP contribution < -0.4 is 0 Å². The molecular formula is C15H19N3O2S. The minimum Gasteiger partial charge on any atom is -0.360 e. The molecule has 112 valence electrons. The number of carbonyl (C=O) groups excluding carboxylic acids is 1. The van der Waals surface area contributed by atoms with E-state index in [1.54, 1.807) is 16.2 Å². The van der Waals surface area contributed by atoms with Gasteiger partial charge in [0, 0.05) is 36.9 Å². The molecule has 1 amide bonds. The summed E-state index contributed by atoms with van der Waals surface area (Å²) < 4.78 is 5.32. The Labute approximate surface area is 128 Å². The lowest BCUT2D eigenvalue weighted by molar-refractivity contribution is 0.0785. The van der Waals surface area contributed by atoms with Crippen LogP contribution in [0.25, 0.3) is 0 Å². The third-order valence-corrected chi connectivity index (χ3v) is 5.01. The fourth-order valence-corrected chi connectivity index (χ4v) is 3.44. The number of hydrogen-bond donors (Lipinski definition) is 0. The first kappa shape index (κ1) is 14.3. The van der Waals surface area contributed by atoms with E-state index in [1.807, 2.05) is 19.5 Å². The van der Waals surface area contributed by atoms with Crippen molar-refractivity contribution in [2.24, 2.45) is 0 Å². The maximum atomic E-state index is 12.5. The third-order valence-electron chi connectivity index (χ3n) is 4.02. The number of fused-ring (bicyclic) bond motifs is 1. The summed E-state index contributed by atoms with van der Waals surface area (Å²) in [4.78, 5) is 19.7. The number of hydrogen-bond acceptors (Lipinski definition) is 5. The highest BCUT2D eigenvalue weighted by atomic mass is 32.1. The summed E-state index contributed by atoms with van der Waals surface area (Å²) in [6, 6.07) is 0. The summed E-state index contributed by atoms with van der Waals surface area (Å²) in [5.41, 5.74) is 4.43. The Morgan fingerprint density at radius 2 is 2.24 bits per heavy atom. The van der Waals surface area contributed by atoms with E-state index in [9.17, 15) is 4.79 Å². The standard InChI is InChI=1S/C15H19N3O2S/c1-10-13(21-9-16-10)7-8-18(2)15(19)14-11-5-3-4-6-12(11)20-17-14/h9H,3-8H2,1-2H3. The topological polar surface area (TPSA) is 59.2 Å². The van der Waals surface area contributed by atoms with Crippen molar-refractivity contribution in [3.05, 3.63) is 33.1 Å². The SMILES string of the molecule is Cc1ncsc1CCN(C)C(=O)c1noc2c1CCCC2. The van der Waals surface area contributed by atoms with Gasteiger partial charge in [0.05, 0.1) is 11.2 Å². The Morgan fingerprint density at radius 1 is 1.43 bits per heavy atom. The summed E-state index contributed by atoms with van der Waals surface area (Å²) in [6.45, 7) is 2.67. The second-order valence-corrected chi connectivity index (χ2v) is 6.42. The lowest BCUT2D eigenvalue weighted by Crippen LogP contribution is -2.30. The Kier molecular flexibility index (Phi) is 4.05. The smallest absolute Gasteiger partial charge is 0.276 e. The Balaban J connectivity index is 1.67. The van der Waals surface area contributed by atoms with Gasteiger partial charge in [-0.15, -0.1) is 11.3 Å². The average molecular weight is 305 g/mol. The first-order valence-electron chi connectivity index (χ1n) is 7.28. The Morgan fingerprint density at radius 3 is 3.00 bits per heavy atom. The van der Waals surface area contributed by atoms with Crippen LogP contribution in [0.2, 0.25) is 0 Å². The Bertz CT molecular complexity index is 647. The third kappa shape index (κ3) is 2.85. The van der Waals surface area contributed by atoms with E-state index in [0.29, 0.717) is 12.2 Å². The van der Waals surface area contributed by atoms with Crippen LogP contribution >= 0.6 is 11.3 Å². The van der Waals surface area contributed by atoms with Gasteiger partial charge in [-0.05, 0) is 26.2 Å². The van der Waals surface area contributed by atoms with Crippen LogP contribution in [0.5, 0.6) is 0 Å². The molecule has 0 saturated heterocycles. The molecule has 0 aromatic carbocycles. The zero-order chi connectivity index (χ0) is 14.8. The molecule has 2 aromatic heterocycles. The van der Waals surface area contributed by atoms with Crippen LogP contribution in [-0.2, 0) is 19.3 Å². The number of amides is 1. The van der Waals surface area contributed by atoms with Gasteiger partial charge in [0.2, 0.25) is 0 Å². The predicted molar refractivity (Wildman–Crippen MR) is 80.7 cm³/mol. The van der Waals surface area contributed by atoms with Crippen LogP contribution in [0.1, 0.15) is 45.2 Å². The van der Waals surface area contributed by atoms with Gasteiger partial charge in [-0.3, -0.25) is 4.79 Å². The van der Waals surface area contributed by atoms with Gasteiger partial charge in [0.15, 0.2) is 5.69 Å². The number of rotatable bonds is 4. The molecule has 0 unspecified atom stereocenters. The molecule has 0 fully saturated rings. The first-order valence-corrected chi connectivity index (χ1v) is 8.16. The van der Waals surface area contributed by atoms with Gasteiger partial charge in [0.1, 0.15) is 5.76 Å². The summed E-state index contributed by atoms with van der Waals surface area (Å²) in [6.07, 6.45) is 4.87. The maximum Gasteiger partial charge on any atom is 0.276 e. The summed E-state index contributed by atoms with van der Waals surface area (Å²) in [7, 11) is 1.82. The van der Waals surface area contributed by atoms with Crippen LogP contribution in [0.3, 0.4) is 0 Å². The van der Waals surface area contributed by atoms with Crippen molar-refractivity contribution in [3.63, 3.8) is 0 Å². The van der Waals surface area contributed by atoms with Crippen molar-refractivity contribution in [1.29, 1.82) is 0 Å². The average Bonchev–Trinajstić information content (AvgIpc) is 3.10. The fraction of sp³-hybridized carbons (Fsp3) is 0.533. The summed E-state index contributed by atoms with van der Waals surface area (Å²) in [5, 5.41) is 4.01. The number of nitrogens with zero attached hydrogens (tertiary/aromatic N) is 3. The van der Waals surface area contributed by atoms with Crippen molar-refractivity contribution in [2.75, 3.05) is 13.6 Å². The van der Waals surface area contributed by atoms with Crippen molar-refractivity contribution in [1.82, 2.24) is 15.0 Å². The second kappa shape index (κ2) is 5.97. The lowest BCUT2D eigenvalue weighted by atomic mass is 9.96. The molecule has 0 aliphatic heterocycles. The van der Waals surface area contributed by atoms with Gasteiger partial charge in [-0.1, -0.05) is 5.16 Å². The van der Waals surface area contributed by atoms with E-state index in [0.717, 1.165) is 49.1 Å². The Hall–Kier alpha value is -1.69. The molecule has 0 saturated carbocycles. The van der Waals surface area contributed by atoms with E-state index in [-0.39, 0.29) is 5.91 Å². The maximum absolute atomic E-state index is 12.5. The van der Waals surface area contributed by atoms with E-state index in [1.165, 1.54) is 4.88 Å². The summed E-state index contributed by atoms with van der Waals surface area (Å²) >= 11 is 1.64. The molecule has 0 bridgehead atoms. The molecule has 2 heterocycles. The van der Waals surface area contributed by atoms with E-state index >= 15 is 0 Å². The van der Waals surface area contributed by atoms with Gasteiger partial charge in [0.25, 0.3) is 5.91 Å². The molecule has 21 heavy (non-hydrogen) atoms. The van der Waals surface area contributed by atoms with Crippen LogP contribution in [0.15, 0.2) is 10.0 Å². The number of carbonyl (C=O) groups is 1. The predicted octanol–water partition coefficient (Wildman–Crippen LogP) is 2.63. The number of aromatic nitrogens is 2. The largest absolute Gasteiger partial charge is 0.360 e. The van der Waals surface area contributed by atoms with Gasteiger partial charge in [-0.2, -0.15) is 0 Å². The van der Waals surface area contributed by atoms with Crippen molar-refractivity contribution < 1.29 is 9.32 Å². The normalized spacial score (nSPS) is 14.0. The quantitative estimate of drug-likeness (QED) is 0.871. The highest BCUT2D eigenvalue weighted by Crippen LogP contribution is 2.25. The molecule has 0 N–H and O–H groups in total. The molecule has 0 atom stereocenters. The van der Waals surface area contributed by atoms with Crippen LogP contribution in [0.4, 0.5) is 0 Å². The molecule has 0 radical (unpaired) electrons. The molecule has 6 heteroatoms. The molecule has 1 aliphatic rings. The van der Waals surface area contributed by atoms with Crippen molar-refractivity contribution in [2.45, 2.75) is 39.0 Å². The van der Waals surface area contributed by atoms with Crippen LogP contribution in [-0.4, -0.2) is 34.5 Å². The van der Waals surface area contributed by atoms with Crippen molar-refractivity contribution >= 4 is 17.2 Å². The fourth-order valence-electron chi connectivity index (χ4n) is 2.67. The highest BCUT2D eigenvalue weighted by Gasteiger charge is 2.25. The highest BCUT2D eigenvalue weighted by molar-refractivity contribution is 7.09. The van der Waals surface area contributed by atoms with Crippen LogP contribution in [0, 0.1) is 6.92 Å². The second-order valence-electron chi connectivity index (χ2n) is 5.48. The number of aryl methyl sites for hydroxylation is 2. The molecule has 0 spiro atoms. The minimum absolute atomic E-state index is 0.0379. The summed E-state index contributed by atoms with van der Waals surface area (Å²) in [5.74, 6) is 0.861. The molecular weight excluding hydrogens is 286 g/mol. The molecule has 1 aliphatic carbocycles. The zero-order valence-corrected chi connectivity index (χ0v) is 13.2. The molecule has 2 aromatic rings. The van der Waals surface area contributed by atoms with E-state index in [2.05, 4.69) is 10.1 Å². The molecule has 3 rings (SSSR count). The first-order chi connectivity index (χ1) is 10.2. The van der Waals surface area contributed by atoms with E-state index < -0.39 is 0 Å². The van der Waals surface area contributed by atoms with E-state index in [4.69, 9.17) is 4.52 Å². The van der Waals surface area contributed by atoms with Gasteiger partial charge < -0.3 is 9.42 Å². The number of thiazole rings is 1. The minimum atomic E-state index is -0.0379. The van der Waals surface area contributed by atoms with Gasteiger partial charge >= 0.3 is 0 Å². The zero-order valence-electron chi connectivity index (χ0n) is 12.4. The molecule has 5 nitrogen and oxygen atoms in total. The number of likely N-dealkylation sites (N-methyl/N-ethyl adjacent to an activating group) is 1. The van der Waals surface area contributed by atoms with Crippen molar-refractivity contribution in [3.8, 4) is 0 Å².